The third-order valence-corrected chi connectivity index (χ3v) is 6.90. The maximum atomic E-state index is 12.7. The molecule has 5 heteroatoms. The fraction of sp³-hybridized carbons (Fsp3) is 0.500. The molecule has 0 fully saturated rings. The number of hydrogen-bond acceptors (Lipinski definition) is 3. The molecule has 2 aromatic rings. The van der Waals surface area contributed by atoms with E-state index in [0.29, 0.717) is 24.6 Å². The molecule has 23 heavy (non-hydrogen) atoms. The molecular formula is C18H24N2O2S. The molecule has 0 saturated carbocycles. The molecular weight excluding hydrogens is 308 g/mol. The van der Waals surface area contributed by atoms with E-state index < -0.39 is 9.84 Å². The minimum Gasteiger partial charge on any atom is -0.269 e. The summed E-state index contributed by atoms with van der Waals surface area (Å²) in [5, 5.41) is 4.19. The Balaban J connectivity index is 1.73. The average molecular weight is 332 g/mol. The maximum Gasteiger partial charge on any atom is 0.159 e. The first-order valence-corrected chi connectivity index (χ1v) is 10.1. The number of rotatable bonds is 6. The Labute approximate surface area is 138 Å². The Morgan fingerprint density at radius 1 is 1.13 bits per heavy atom. The molecule has 4 nitrogen and oxygen atoms in total. The highest BCUT2D eigenvalue weighted by Gasteiger charge is 2.32. The van der Waals surface area contributed by atoms with E-state index in [9.17, 15) is 8.42 Å². The van der Waals surface area contributed by atoms with E-state index in [-0.39, 0.29) is 11.0 Å². The van der Waals surface area contributed by atoms with Crippen LogP contribution in [0.5, 0.6) is 0 Å². The molecule has 0 aliphatic heterocycles. The molecule has 0 saturated heterocycles. The number of benzene rings is 1. The van der Waals surface area contributed by atoms with E-state index in [1.54, 1.807) is 0 Å². The second-order valence-corrected chi connectivity index (χ2v) is 8.64. The molecule has 1 aromatic heterocycles. The first-order chi connectivity index (χ1) is 11.0. The minimum absolute atomic E-state index is 0.0405. The highest BCUT2D eigenvalue weighted by molar-refractivity contribution is 7.91. The second kappa shape index (κ2) is 6.48. The molecule has 1 aliphatic rings. The number of nitrogens with zero attached hydrogens (tertiary/aromatic N) is 2. The Morgan fingerprint density at radius 2 is 1.74 bits per heavy atom. The second-order valence-electron chi connectivity index (χ2n) is 6.36. The van der Waals surface area contributed by atoms with Crippen molar-refractivity contribution in [2.24, 2.45) is 0 Å². The Hall–Kier alpha value is -1.62. The predicted octanol–water partition coefficient (Wildman–Crippen LogP) is 3.33. The van der Waals surface area contributed by atoms with Crippen molar-refractivity contribution in [3.63, 3.8) is 0 Å². The SMILES string of the molecule is CCC(CC)n1ccc(CS(=O)(=O)C2Cc3ccccc3C2)n1. The van der Waals surface area contributed by atoms with Crippen molar-refractivity contribution >= 4 is 9.84 Å². The van der Waals surface area contributed by atoms with Gasteiger partial charge in [-0.1, -0.05) is 38.1 Å². The van der Waals surface area contributed by atoms with E-state index in [2.05, 4.69) is 18.9 Å². The van der Waals surface area contributed by atoms with E-state index in [1.807, 2.05) is 41.2 Å². The van der Waals surface area contributed by atoms with Gasteiger partial charge in [-0.3, -0.25) is 4.68 Å². The first kappa shape index (κ1) is 16.2. The van der Waals surface area contributed by atoms with Crippen LogP contribution in [0.3, 0.4) is 0 Å². The van der Waals surface area contributed by atoms with Crippen LogP contribution in [0.1, 0.15) is 49.6 Å². The average Bonchev–Trinajstić information content (AvgIpc) is 3.15. The van der Waals surface area contributed by atoms with Crippen LogP contribution in [0, 0.1) is 0 Å². The van der Waals surface area contributed by atoms with Crippen molar-refractivity contribution < 1.29 is 8.42 Å². The van der Waals surface area contributed by atoms with Gasteiger partial charge in [0.2, 0.25) is 0 Å². The lowest BCUT2D eigenvalue weighted by atomic mass is 10.1. The monoisotopic (exact) mass is 332 g/mol. The molecule has 1 heterocycles. The minimum atomic E-state index is -3.18. The summed E-state index contributed by atoms with van der Waals surface area (Å²) in [5.74, 6) is 0.0405. The van der Waals surface area contributed by atoms with Crippen LogP contribution >= 0.6 is 0 Å². The highest BCUT2D eigenvalue weighted by atomic mass is 32.2. The number of aromatic nitrogens is 2. The third-order valence-electron chi connectivity index (χ3n) is 4.85. The fourth-order valence-corrected chi connectivity index (χ4v) is 5.09. The summed E-state index contributed by atoms with van der Waals surface area (Å²) in [7, 11) is -3.18. The van der Waals surface area contributed by atoms with Crippen molar-refractivity contribution in [1.82, 2.24) is 9.78 Å². The van der Waals surface area contributed by atoms with Crippen LogP contribution < -0.4 is 0 Å². The van der Waals surface area contributed by atoms with Crippen LogP contribution in [0.25, 0.3) is 0 Å². The Bertz CT molecular complexity index is 751. The summed E-state index contributed by atoms with van der Waals surface area (Å²) in [6, 6.07) is 10.2. The molecule has 0 atom stereocenters. The molecule has 0 radical (unpaired) electrons. The molecule has 1 aromatic carbocycles. The topological polar surface area (TPSA) is 52.0 Å². The van der Waals surface area contributed by atoms with E-state index in [0.717, 1.165) is 12.8 Å². The zero-order valence-corrected chi connectivity index (χ0v) is 14.6. The molecule has 0 N–H and O–H groups in total. The van der Waals surface area contributed by atoms with Crippen LogP contribution in [0.4, 0.5) is 0 Å². The van der Waals surface area contributed by atoms with Gasteiger partial charge in [0.25, 0.3) is 0 Å². The van der Waals surface area contributed by atoms with Gasteiger partial charge >= 0.3 is 0 Å². The molecule has 0 unspecified atom stereocenters. The third kappa shape index (κ3) is 3.34. The van der Waals surface area contributed by atoms with Gasteiger partial charge in [-0.25, -0.2) is 8.42 Å². The largest absolute Gasteiger partial charge is 0.269 e. The van der Waals surface area contributed by atoms with Crippen LogP contribution in [-0.4, -0.2) is 23.4 Å². The fourth-order valence-electron chi connectivity index (χ4n) is 3.42. The van der Waals surface area contributed by atoms with Crippen LogP contribution in [-0.2, 0) is 28.4 Å². The standard InChI is InChI=1S/C18H24N2O2S/c1-3-17(4-2)20-10-9-16(19-20)13-23(21,22)18-11-14-7-5-6-8-15(14)12-18/h5-10,17-18H,3-4,11-13H2,1-2H3. The Kier molecular flexibility index (Phi) is 4.57. The predicted molar refractivity (Wildman–Crippen MR) is 92.1 cm³/mol. The lowest BCUT2D eigenvalue weighted by Crippen LogP contribution is -2.23. The van der Waals surface area contributed by atoms with Crippen molar-refractivity contribution in [3.05, 3.63) is 53.3 Å². The van der Waals surface area contributed by atoms with Gasteiger partial charge in [0, 0.05) is 6.20 Å². The molecule has 1 aliphatic carbocycles. The lowest BCUT2D eigenvalue weighted by molar-refractivity contribution is 0.426. The normalized spacial score (nSPS) is 15.3. The molecule has 124 valence electrons. The van der Waals surface area contributed by atoms with Crippen LogP contribution in [0.15, 0.2) is 36.5 Å². The molecule has 0 bridgehead atoms. The number of hydrogen-bond donors (Lipinski definition) is 0. The lowest BCUT2D eigenvalue weighted by Gasteiger charge is -2.13. The van der Waals surface area contributed by atoms with Crippen molar-refractivity contribution in [3.8, 4) is 0 Å². The van der Waals surface area contributed by atoms with Gasteiger partial charge in [0.15, 0.2) is 9.84 Å². The first-order valence-electron chi connectivity index (χ1n) is 8.35. The van der Waals surface area contributed by atoms with Crippen LogP contribution in [0.2, 0.25) is 0 Å². The summed E-state index contributed by atoms with van der Waals surface area (Å²) in [6.45, 7) is 4.25. The summed E-state index contributed by atoms with van der Waals surface area (Å²) >= 11 is 0. The Morgan fingerprint density at radius 3 is 2.30 bits per heavy atom. The number of fused-ring (bicyclic) bond motifs is 1. The van der Waals surface area contributed by atoms with Crippen molar-refractivity contribution in [1.29, 1.82) is 0 Å². The van der Waals surface area contributed by atoms with Gasteiger partial charge in [-0.2, -0.15) is 5.10 Å². The smallest absolute Gasteiger partial charge is 0.159 e. The summed E-state index contributed by atoms with van der Waals surface area (Å²) in [4.78, 5) is 0. The van der Waals surface area contributed by atoms with Gasteiger partial charge in [-0.05, 0) is 42.9 Å². The summed E-state index contributed by atoms with van der Waals surface area (Å²) < 4.78 is 27.4. The number of sulfone groups is 1. The molecule has 3 rings (SSSR count). The maximum absolute atomic E-state index is 12.7. The molecule has 0 spiro atoms. The van der Waals surface area contributed by atoms with Gasteiger partial charge in [0.05, 0.1) is 22.7 Å². The molecule has 0 amide bonds. The van der Waals surface area contributed by atoms with Gasteiger partial charge in [-0.15, -0.1) is 0 Å². The summed E-state index contributed by atoms with van der Waals surface area (Å²) in [5.41, 5.74) is 3.00. The van der Waals surface area contributed by atoms with Crippen molar-refractivity contribution in [2.45, 2.75) is 56.6 Å². The summed E-state index contributed by atoms with van der Waals surface area (Å²) in [6.07, 6.45) is 5.17. The van der Waals surface area contributed by atoms with E-state index in [1.165, 1.54) is 11.1 Å². The van der Waals surface area contributed by atoms with E-state index >= 15 is 0 Å². The van der Waals surface area contributed by atoms with Gasteiger partial charge < -0.3 is 0 Å². The zero-order chi connectivity index (χ0) is 16.4. The van der Waals surface area contributed by atoms with E-state index in [4.69, 9.17) is 0 Å². The zero-order valence-electron chi connectivity index (χ0n) is 13.8. The van der Waals surface area contributed by atoms with Crippen molar-refractivity contribution in [2.75, 3.05) is 0 Å². The highest BCUT2D eigenvalue weighted by Crippen LogP contribution is 2.28. The van der Waals surface area contributed by atoms with Gasteiger partial charge in [0.1, 0.15) is 0 Å². The quantitative estimate of drug-likeness (QED) is 0.815.